The minimum absolute atomic E-state index is 0.315. The number of piperidine rings is 1. The van der Waals surface area contributed by atoms with Crippen molar-refractivity contribution in [2.75, 3.05) is 26.3 Å². The molecule has 0 unspecified atom stereocenters. The summed E-state index contributed by atoms with van der Waals surface area (Å²) in [6.07, 6.45) is 2.83. The summed E-state index contributed by atoms with van der Waals surface area (Å²) in [5.41, 5.74) is 2.68. The smallest absolute Gasteiger partial charge is 0.243 e. The zero-order chi connectivity index (χ0) is 24.1. The van der Waals surface area contributed by atoms with Gasteiger partial charge in [-0.05, 0) is 61.9 Å². The van der Waals surface area contributed by atoms with Crippen LogP contribution in [0.2, 0.25) is 5.02 Å². The Balaban J connectivity index is 1.64. The number of benzene rings is 2. The van der Waals surface area contributed by atoms with Crippen LogP contribution in [0.3, 0.4) is 0 Å². The zero-order valence-corrected chi connectivity index (χ0v) is 22.1. The van der Waals surface area contributed by atoms with Crippen LogP contribution in [-0.4, -0.2) is 48.6 Å². The molecule has 4 rings (SSSR count). The lowest BCUT2D eigenvalue weighted by molar-refractivity contribution is 0.141. The normalized spacial score (nSPS) is 17.4. The molecule has 34 heavy (non-hydrogen) atoms. The molecule has 1 saturated heterocycles. The van der Waals surface area contributed by atoms with E-state index in [2.05, 4.69) is 11.5 Å². The number of hydrogen-bond donors (Lipinski definition) is 0. The van der Waals surface area contributed by atoms with E-state index >= 15 is 0 Å². The summed E-state index contributed by atoms with van der Waals surface area (Å²) in [6.45, 7) is 7.36. The summed E-state index contributed by atoms with van der Waals surface area (Å²) in [5, 5.41) is 1.59. The number of aromatic nitrogens is 2. The molecule has 184 valence electrons. The number of thioether (sulfide) groups is 1. The molecular formula is C25H32ClN3O3S2. The van der Waals surface area contributed by atoms with Gasteiger partial charge in [-0.3, -0.25) is 0 Å². The number of rotatable bonds is 10. The monoisotopic (exact) mass is 521 g/mol. The van der Waals surface area contributed by atoms with E-state index in [-0.39, 0.29) is 0 Å². The van der Waals surface area contributed by atoms with Gasteiger partial charge in [-0.15, -0.1) is 0 Å². The van der Waals surface area contributed by atoms with Gasteiger partial charge in [-0.1, -0.05) is 48.5 Å². The molecule has 2 heterocycles. The maximum absolute atomic E-state index is 13.3. The zero-order valence-electron chi connectivity index (χ0n) is 19.7. The Bertz CT molecular complexity index is 1230. The first-order valence-corrected chi connectivity index (χ1v) is 14.6. The Labute approximate surface area is 211 Å². The number of nitrogens with zero attached hydrogens (tertiary/aromatic N) is 3. The van der Waals surface area contributed by atoms with Crippen molar-refractivity contribution in [1.82, 2.24) is 13.9 Å². The first-order chi connectivity index (χ1) is 16.4. The van der Waals surface area contributed by atoms with E-state index in [1.807, 2.05) is 37.3 Å². The van der Waals surface area contributed by atoms with Gasteiger partial charge in [0.2, 0.25) is 10.0 Å². The highest BCUT2D eigenvalue weighted by atomic mass is 35.5. The minimum Gasteiger partial charge on any atom is -0.382 e. The van der Waals surface area contributed by atoms with Gasteiger partial charge < -0.3 is 9.30 Å². The third-order valence-corrected chi connectivity index (χ3v) is 9.39. The fourth-order valence-corrected chi connectivity index (χ4v) is 7.26. The molecule has 0 radical (unpaired) electrons. The second kappa shape index (κ2) is 11.4. The van der Waals surface area contributed by atoms with E-state index < -0.39 is 10.0 Å². The molecule has 1 fully saturated rings. The van der Waals surface area contributed by atoms with Crippen molar-refractivity contribution in [3.05, 3.63) is 53.1 Å². The molecule has 0 aliphatic carbocycles. The lowest BCUT2D eigenvalue weighted by Crippen LogP contribution is -2.39. The number of ether oxygens (including phenoxy) is 1. The molecular weight excluding hydrogens is 490 g/mol. The van der Waals surface area contributed by atoms with E-state index in [0.717, 1.165) is 47.1 Å². The average molecular weight is 522 g/mol. The van der Waals surface area contributed by atoms with Crippen molar-refractivity contribution >= 4 is 44.4 Å². The lowest BCUT2D eigenvalue weighted by atomic mass is 10.0. The van der Waals surface area contributed by atoms with Gasteiger partial charge >= 0.3 is 0 Å². The summed E-state index contributed by atoms with van der Waals surface area (Å²) in [5.74, 6) is 1.07. The van der Waals surface area contributed by atoms with Gasteiger partial charge in [0.05, 0.1) is 15.9 Å². The molecule has 1 aliphatic heterocycles. The maximum atomic E-state index is 13.3. The number of imidazole rings is 1. The topological polar surface area (TPSA) is 64.4 Å². The lowest BCUT2D eigenvalue weighted by Gasteiger charge is -2.30. The van der Waals surface area contributed by atoms with Crippen molar-refractivity contribution in [3.63, 3.8) is 0 Å². The Hall–Kier alpha value is -1.58. The van der Waals surface area contributed by atoms with Crippen LogP contribution in [0.25, 0.3) is 11.0 Å². The number of hydrogen-bond acceptors (Lipinski definition) is 5. The molecule has 3 aromatic rings. The third kappa shape index (κ3) is 5.79. The van der Waals surface area contributed by atoms with E-state index in [4.69, 9.17) is 21.3 Å². The average Bonchev–Trinajstić information content (AvgIpc) is 3.18. The number of fused-ring (bicyclic) bond motifs is 1. The molecule has 0 spiro atoms. The molecule has 0 saturated carbocycles. The van der Waals surface area contributed by atoms with Gasteiger partial charge in [-0.2, -0.15) is 4.31 Å². The van der Waals surface area contributed by atoms with Gasteiger partial charge in [0.15, 0.2) is 5.16 Å². The maximum Gasteiger partial charge on any atom is 0.243 e. The van der Waals surface area contributed by atoms with Crippen molar-refractivity contribution in [1.29, 1.82) is 0 Å². The van der Waals surface area contributed by atoms with Gasteiger partial charge in [0.1, 0.15) is 0 Å². The van der Waals surface area contributed by atoms with Crippen LogP contribution in [0.4, 0.5) is 0 Å². The SMILES string of the molecule is CCOCCCn1c(SCc2ccccc2Cl)nc2cc(S(=O)(=O)N3CCC[C@@H](C)C3)ccc21. The quantitative estimate of drug-likeness (QED) is 0.248. The highest BCUT2D eigenvalue weighted by Gasteiger charge is 2.29. The van der Waals surface area contributed by atoms with Crippen LogP contribution in [0.15, 0.2) is 52.5 Å². The van der Waals surface area contributed by atoms with Crippen LogP contribution in [-0.2, 0) is 27.1 Å². The number of aryl methyl sites for hydroxylation is 1. The summed E-state index contributed by atoms with van der Waals surface area (Å²) in [7, 11) is -3.54. The van der Waals surface area contributed by atoms with Crippen molar-refractivity contribution in [2.24, 2.45) is 5.92 Å². The molecule has 0 N–H and O–H groups in total. The molecule has 2 aromatic carbocycles. The first-order valence-electron chi connectivity index (χ1n) is 11.8. The molecule has 6 nitrogen and oxygen atoms in total. The summed E-state index contributed by atoms with van der Waals surface area (Å²) < 4.78 is 35.9. The van der Waals surface area contributed by atoms with Gasteiger partial charge in [0.25, 0.3) is 0 Å². The largest absolute Gasteiger partial charge is 0.382 e. The Kier molecular flexibility index (Phi) is 8.58. The number of halogens is 1. The van der Waals surface area contributed by atoms with Crippen molar-refractivity contribution in [3.8, 4) is 0 Å². The molecule has 1 aromatic heterocycles. The standard InChI is InChI=1S/C25H32ClN3O3S2/c1-3-32-15-7-14-29-24-12-11-21(34(30,31)28-13-6-8-19(2)17-28)16-23(24)27-25(29)33-18-20-9-4-5-10-22(20)26/h4-5,9-12,16,19H,3,6-8,13-15,17-18H2,1-2H3/t19-/m1/s1. The van der Waals surface area contributed by atoms with Gasteiger partial charge in [-0.25, -0.2) is 13.4 Å². The first kappa shape index (κ1) is 25.5. The molecule has 1 atom stereocenters. The third-order valence-electron chi connectivity index (χ3n) is 6.13. The second-order valence-electron chi connectivity index (χ2n) is 8.74. The summed E-state index contributed by atoms with van der Waals surface area (Å²) >= 11 is 7.97. The Morgan fingerprint density at radius 1 is 1.24 bits per heavy atom. The van der Waals surface area contributed by atoms with E-state index in [0.29, 0.717) is 48.4 Å². The highest BCUT2D eigenvalue weighted by molar-refractivity contribution is 7.98. The van der Waals surface area contributed by atoms with Crippen LogP contribution in [0.1, 0.15) is 38.7 Å². The van der Waals surface area contributed by atoms with Crippen molar-refractivity contribution < 1.29 is 13.2 Å². The van der Waals surface area contributed by atoms with Crippen LogP contribution in [0, 0.1) is 5.92 Å². The molecule has 1 aliphatic rings. The molecule has 0 bridgehead atoms. The molecule has 9 heteroatoms. The van der Waals surface area contributed by atoms with Crippen LogP contribution in [0.5, 0.6) is 0 Å². The van der Waals surface area contributed by atoms with E-state index in [9.17, 15) is 8.42 Å². The fraction of sp³-hybridized carbons (Fsp3) is 0.480. The second-order valence-corrected chi connectivity index (χ2v) is 12.0. The Morgan fingerprint density at radius 3 is 2.82 bits per heavy atom. The van der Waals surface area contributed by atoms with Crippen LogP contribution >= 0.6 is 23.4 Å². The highest BCUT2D eigenvalue weighted by Crippen LogP contribution is 2.31. The van der Waals surface area contributed by atoms with E-state index in [1.165, 1.54) is 0 Å². The summed E-state index contributed by atoms with van der Waals surface area (Å²) in [6, 6.07) is 13.1. The minimum atomic E-state index is -3.54. The fourth-order valence-electron chi connectivity index (χ4n) is 4.31. The van der Waals surface area contributed by atoms with Crippen molar-refractivity contribution in [2.45, 2.75) is 55.5 Å². The Morgan fingerprint density at radius 2 is 2.06 bits per heavy atom. The predicted octanol–water partition coefficient (Wildman–Crippen LogP) is 5.83. The number of sulfonamides is 1. The predicted molar refractivity (Wildman–Crippen MR) is 139 cm³/mol. The van der Waals surface area contributed by atoms with Crippen LogP contribution < -0.4 is 0 Å². The summed E-state index contributed by atoms with van der Waals surface area (Å²) in [4.78, 5) is 5.17. The van der Waals surface area contributed by atoms with E-state index in [1.54, 1.807) is 28.2 Å². The molecule has 0 amide bonds. The van der Waals surface area contributed by atoms with Gasteiger partial charge in [0, 0.05) is 43.6 Å².